The van der Waals surface area contributed by atoms with Gasteiger partial charge in [0.25, 0.3) is 0 Å². The fraction of sp³-hybridized carbons (Fsp3) is 0.333. The molecule has 0 aliphatic carbocycles. The Bertz CT molecular complexity index is 300. The van der Waals surface area contributed by atoms with Crippen molar-refractivity contribution < 1.29 is 0 Å². The normalized spacial score (nSPS) is 10.5. The van der Waals surface area contributed by atoms with Crippen LogP contribution in [0.5, 0.6) is 0 Å². The zero-order valence-electron chi connectivity index (χ0n) is 8.72. The number of rotatable bonds is 3. The Labute approximate surface area is 82.9 Å². The number of hydrogen-bond donors (Lipinski definition) is 0. The third-order valence-electron chi connectivity index (χ3n) is 2.16. The quantitative estimate of drug-likeness (QED) is 0.506. The molecule has 0 aromatic heterocycles. The van der Waals surface area contributed by atoms with Crippen LogP contribution in [0.2, 0.25) is 13.1 Å². The van der Waals surface area contributed by atoms with Gasteiger partial charge in [0.2, 0.25) is 0 Å². The fourth-order valence-electron chi connectivity index (χ4n) is 1.53. The van der Waals surface area contributed by atoms with Crippen LogP contribution < -0.4 is 5.19 Å². The fourth-order valence-corrected chi connectivity index (χ4v) is 2.77. The van der Waals surface area contributed by atoms with Gasteiger partial charge >= 0.3 is 0 Å². The largest absolute Gasteiger partial charge is 0.103 e. The van der Waals surface area contributed by atoms with E-state index in [4.69, 9.17) is 0 Å². The van der Waals surface area contributed by atoms with Crippen molar-refractivity contribution >= 4 is 14.0 Å². The Morgan fingerprint density at radius 3 is 2.62 bits per heavy atom. The predicted octanol–water partition coefficient (Wildman–Crippen LogP) is 2.68. The lowest BCUT2D eigenvalue weighted by Gasteiger charge is -2.10. The van der Waals surface area contributed by atoms with Gasteiger partial charge in [0.15, 0.2) is 0 Å². The summed E-state index contributed by atoms with van der Waals surface area (Å²) in [5, 5.41) is 1.55. The molecule has 0 aliphatic heterocycles. The van der Waals surface area contributed by atoms with E-state index in [1.165, 1.54) is 11.1 Å². The molecule has 1 aromatic rings. The van der Waals surface area contributed by atoms with Gasteiger partial charge in [-0.25, -0.2) is 0 Å². The second-order valence-electron chi connectivity index (χ2n) is 3.65. The SMILES string of the molecule is C=CCc1cc(C)ccc1[Si](C)C. The summed E-state index contributed by atoms with van der Waals surface area (Å²) in [4.78, 5) is 0. The van der Waals surface area contributed by atoms with Gasteiger partial charge in [0.1, 0.15) is 0 Å². The highest BCUT2D eigenvalue weighted by Gasteiger charge is 2.06. The van der Waals surface area contributed by atoms with E-state index in [-0.39, 0.29) is 8.80 Å². The zero-order chi connectivity index (χ0) is 9.84. The molecule has 0 saturated carbocycles. The van der Waals surface area contributed by atoms with Gasteiger partial charge in [-0.2, -0.15) is 0 Å². The maximum atomic E-state index is 3.80. The van der Waals surface area contributed by atoms with E-state index in [0.29, 0.717) is 0 Å². The molecule has 1 heteroatoms. The lowest BCUT2D eigenvalue weighted by Crippen LogP contribution is -2.26. The summed E-state index contributed by atoms with van der Waals surface area (Å²) in [6.07, 6.45) is 3.00. The third-order valence-corrected chi connectivity index (χ3v) is 3.73. The third kappa shape index (κ3) is 2.56. The minimum absolute atomic E-state index is 0.328. The van der Waals surface area contributed by atoms with Crippen LogP contribution in [0.25, 0.3) is 0 Å². The molecule has 0 atom stereocenters. The summed E-state index contributed by atoms with van der Waals surface area (Å²) in [6.45, 7) is 10.6. The van der Waals surface area contributed by atoms with Crippen LogP contribution in [-0.4, -0.2) is 8.80 Å². The van der Waals surface area contributed by atoms with Crippen LogP contribution in [0, 0.1) is 6.92 Å². The van der Waals surface area contributed by atoms with E-state index in [1.807, 2.05) is 6.08 Å². The standard InChI is InChI=1S/C12H17Si/c1-5-6-11-9-10(2)7-8-12(11)13(3)4/h5,7-9H,1,6H2,2-4H3. The molecule has 1 rings (SSSR count). The Morgan fingerprint density at radius 2 is 2.08 bits per heavy atom. The Balaban J connectivity index is 3.10. The molecule has 13 heavy (non-hydrogen) atoms. The molecule has 0 saturated heterocycles. The first-order valence-electron chi connectivity index (χ1n) is 4.66. The molecule has 0 nitrogen and oxygen atoms in total. The highest BCUT2D eigenvalue weighted by molar-refractivity contribution is 6.71. The van der Waals surface area contributed by atoms with Gasteiger partial charge in [-0.1, -0.05) is 48.1 Å². The second-order valence-corrected chi connectivity index (χ2v) is 6.19. The number of benzene rings is 1. The van der Waals surface area contributed by atoms with E-state index in [0.717, 1.165) is 6.42 Å². The second kappa shape index (κ2) is 4.42. The summed E-state index contributed by atoms with van der Waals surface area (Å²) in [7, 11) is -0.328. The zero-order valence-corrected chi connectivity index (χ0v) is 9.72. The topological polar surface area (TPSA) is 0 Å². The highest BCUT2D eigenvalue weighted by Crippen LogP contribution is 2.04. The summed E-state index contributed by atoms with van der Waals surface area (Å²) in [5.74, 6) is 0. The molecule has 0 spiro atoms. The monoisotopic (exact) mass is 189 g/mol. The van der Waals surface area contributed by atoms with Gasteiger partial charge in [-0.3, -0.25) is 0 Å². The Morgan fingerprint density at radius 1 is 1.38 bits per heavy atom. The van der Waals surface area contributed by atoms with Crippen LogP contribution in [0.1, 0.15) is 11.1 Å². The Hall–Kier alpha value is -0.823. The first kappa shape index (κ1) is 10.3. The lowest BCUT2D eigenvalue weighted by molar-refractivity contribution is 1.27. The van der Waals surface area contributed by atoms with Crippen molar-refractivity contribution in [3.8, 4) is 0 Å². The van der Waals surface area contributed by atoms with Crippen LogP contribution in [0.15, 0.2) is 30.9 Å². The van der Waals surface area contributed by atoms with Crippen molar-refractivity contribution in [2.24, 2.45) is 0 Å². The van der Waals surface area contributed by atoms with Crippen molar-refractivity contribution in [1.29, 1.82) is 0 Å². The molecule has 0 fully saturated rings. The number of hydrogen-bond acceptors (Lipinski definition) is 0. The molecule has 0 amide bonds. The average Bonchev–Trinajstić information content (AvgIpc) is 2.04. The summed E-state index contributed by atoms with van der Waals surface area (Å²) < 4.78 is 0. The molecular weight excluding hydrogens is 172 g/mol. The molecule has 69 valence electrons. The van der Waals surface area contributed by atoms with Crippen LogP contribution in [0.3, 0.4) is 0 Å². The van der Waals surface area contributed by atoms with Crippen molar-refractivity contribution in [3.63, 3.8) is 0 Å². The van der Waals surface area contributed by atoms with Gasteiger partial charge in [0, 0.05) is 0 Å². The summed E-state index contributed by atoms with van der Waals surface area (Å²) in [5.41, 5.74) is 2.82. The smallest absolute Gasteiger partial charge is 0.0795 e. The van der Waals surface area contributed by atoms with Crippen molar-refractivity contribution in [1.82, 2.24) is 0 Å². The van der Waals surface area contributed by atoms with Crippen LogP contribution in [0.4, 0.5) is 0 Å². The van der Waals surface area contributed by atoms with E-state index in [2.05, 4.69) is 44.8 Å². The summed E-state index contributed by atoms with van der Waals surface area (Å²) in [6, 6.07) is 6.77. The van der Waals surface area contributed by atoms with Crippen LogP contribution >= 0.6 is 0 Å². The first-order valence-corrected chi connectivity index (χ1v) is 7.16. The van der Waals surface area contributed by atoms with Crippen molar-refractivity contribution in [3.05, 3.63) is 42.0 Å². The molecule has 0 heterocycles. The maximum Gasteiger partial charge on any atom is 0.0795 e. The molecule has 0 bridgehead atoms. The van der Waals surface area contributed by atoms with Crippen LogP contribution in [-0.2, 0) is 6.42 Å². The number of allylic oxidation sites excluding steroid dienone is 1. The lowest BCUT2D eigenvalue weighted by atomic mass is 10.1. The maximum absolute atomic E-state index is 3.80. The first-order chi connectivity index (χ1) is 6.15. The van der Waals surface area contributed by atoms with Crippen molar-refractivity contribution in [2.75, 3.05) is 0 Å². The molecule has 0 unspecified atom stereocenters. The molecule has 0 aliphatic rings. The van der Waals surface area contributed by atoms with Gasteiger partial charge in [-0.15, -0.1) is 6.58 Å². The van der Waals surface area contributed by atoms with Gasteiger partial charge < -0.3 is 0 Å². The van der Waals surface area contributed by atoms with E-state index in [9.17, 15) is 0 Å². The minimum atomic E-state index is -0.328. The molecular formula is C12H17Si. The molecule has 0 N–H and O–H groups in total. The Kier molecular flexibility index (Phi) is 3.49. The average molecular weight is 189 g/mol. The molecule has 1 radical (unpaired) electrons. The van der Waals surface area contributed by atoms with Gasteiger partial charge in [0.05, 0.1) is 8.80 Å². The van der Waals surface area contributed by atoms with Gasteiger partial charge in [-0.05, 0) is 18.9 Å². The van der Waals surface area contributed by atoms with E-state index in [1.54, 1.807) is 5.19 Å². The van der Waals surface area contributed by atoms with Crippen molar-refractivity contribution in [2.45, 2.75) is 26.4 Å². The molecule has 1 aromatic carbocycles. The number of aryl methyl sites for hydroxylation is 1. The summed E-state index contributed by atoms with van der Waals surface area (Å²) >= 11 is 0. The van der Waals surface area contributed by atoms with E-state index < -0.39 is 0 Å². The minimum Gasteiger partial charge on any atom is -0.103 e. The highest BCUT2D eigenvalue weighted by atomic mass is 28.3. The van der Waals surface area contributed by atoms with E-state index >= 15 is 0 Å². The predicted molar refractivity (Wildman–Crippen MR) is 62.2 cm³/mol.